The van der Waals surface area contributed by atoms with Gasteiger partial charge in [0.15, 0.2) is 0 Å². The van der Waals surface area contributed by atoms with E-state index in [4.69, 9.17) is 4.74 Å². The van der Waals surface area contributed by atoms with Crippen molar-refractivity contribution in [3.8, 4) is 5.69 Å². The minimum atomic E-state index is -0.402. The Hall–Kier alpha value is -4.31. The second-order valence-corrected chi connectivity index (χ2v) is 7.99. The molecule has 0 fully saturated rings. The number of ether oxygens (including phenoxy) is 1. The van der Waals surface area contributed by atoms with E-state index in [1.165, 1.54) is 6.33 Å². The summed E-state index contributed by atoms with van der Waals surface area (Å²) < 4.78 is 6.58. The van der Waals surface area contributed by atoms with E-state index in [2.05, 4.69) is 20.7 Å². The van der Waals surface area contributed by atoms with Crippen LogP contribution in [-0.4, -0.2) is 32.5 Å². The Balaban J connectivity index is 1.24. The zero-order chi connectivity index (χ0) is 22.1. The molecular weight excluding hydrogens is 430 g/mol. The molecule has 9 nitrogen and oxygen atoms in total. The molecule has 0 spiro atoms. The lowest BCUT2D eigenvalue weighted by molar-refractivity contribution is 0.0534. The van der Waals surface area contributed by atoms with Gasteiger partial charge in [0.2, 0.25) is 0 Å². The first-order valence-corrected chi connectivity index (χ1v) is 10.4. The van der Waals surface area contributed by atoms with E-state index in [1.54, 1.807) is 53.5 Å². The molecule has 0 bridgehead atoms. The highest BCUT2D eigenvalue weighted by atomic mass is 32.1. The van der Waals surface area contributed by atoms with Crippen LogP contribution in [0.5, 0.6) is 0 Å². The third-order valence-corrected chi connectivity index (χ3v) is 5.89. The maximum absolute atomic E-state index is 12.6. The number of rotatable bonds is 5. The number of aromatic nitrogens is 3. The molecule has 158 valence electrons. The summed E-state index contributed by atoms with van der Waals surface area (Å²) in [5.41, 5.74) is 3.15. The van der Waals surface area contributed by atoms with Gasteiger partial charge in [-0.25, -0.2) is 14.5 Å². The van der Waals surface area contributed by atoms with E-state index >= 15 is 0 Å². The molecule has 2 aromatic carbocycles. The number of benzene rings is 2. The van der Waals surface area contributed by atoms with Crippen LogP contribution in [0.3, 0.4) is 0 Å². The monoisotopic (exact) mass is 445 g/mol. The highest BCUT2D eigenvalue weighted by Gasteiger charge is 2.22. The van der Waals surface area contributed by atoms with Gasteiger partial charge in [-0.1, -0.05) is 6.07 Å². The number of hydrogen-bond acceptors (Lipinski definition) is 7. The molecule has 0 radical (unpaired) electrons. The fourth-order valence-electron chi connectivity index (χ4n) is 3.20. The molecular formula is C22H15N5O4S. The van der Waals surface area contributed by atoms with Crippen molar-refractivity contribution in [2.45, 2.75) is 6.61 Å². The number of nitrogens with zero attached hydrogens (tertiary/aromatic N) is 3. The predicted molar refractivity (Wildman–Crippen MR) is 117 cm³/mol. The van der Waals surface area contributed by atoms with Gasteiger partial charge in [0.25, 0.3) is 11.8 Å². The van der Waals surface area contributed by atoms with Crippen LogP contribution >= 0.6 is 11.3 Å². The number of anilines is 2. The number of hydrogen-bond donors (Lipinski definition) is 2. The topological polar surface area (TPSA) is 115 Å². The molecule has 10 heteroatoms. The third-order valence-electron chi connectivity index (χ3n) is 4.81. The van der Waals surface area contributed by atoms with E-state index in [1.807, 2.05) is 12.1 Å². The van der Waals surface area contributed by atoms with Gasteiger partial charge in [0, 0.05) is 16.9 Å². The van der Waals surface area contributed by atoms with Gasteiger partial charge in [-0.05, 0) is 48.5 Å². The second-order valence-electron chi connectivity index (χ2n) is 6.91. The highest BCUT2D eigenvalue weighted by molar-refractivity contribution is 7.16. The number of thiophene rings is 1. The lowest BCUT2D eigenvalue weighted by atomic mass is 10.1. The summed E-state index contributed by atoms with van der Waals surface area (Å²) in [6.07, 6.45) is 3.03. The van der Waals surface area contributed by atoms with E-state index < -0.39 is 5.97 Å². The number of fused-ring (bicyclic) bond motifs is 1. The summed E-state index contributed by atoms with van der Waals surface area (Å²) in [6, 6.07) is 15.4. The van der Waals surface area contributed by atoms with Crippen LogP contribution in [0.2, 0.25) is 0 Å². The number of nitrogens with one attached hydrogen (secondary N) is 2. The number of carbonyl (C=O) groups excluding carboxylic acids is 3. The second kappa shape index (κ2) is 8.08. The highest BCUT2D eigenvalue weighted by Crippen LogP contribution is 2.25. The zero-order valence-electron chi connectivity index (χ0n) is 16.4. The number of cyclic esters (lactones) is 1. The fraction of sp³-hybridized carbons (Fsp3) is 0.0455. The molecule has 32 heavy (non-hydrogen) atoms. The van der Waals surface area contributed by atoms with Crippen LogP contribution in [0.25, 0.3) is 5.69 Å². The molecule has 1 aliphatic heterocycles. The quantitative estimate of drug-likeness (QED) is 0.454. The molecule has 0 aliphatic carbocycles. The number of carbonyl (C=O) groups is 3. The van der Waals surface area contributed by atoms with Crippen molar-refractivity contribution in [1.29, 1.82) is 0 Å². The lowest BCUT2D eigenvalue weighted by Crippen LogP contribution is -2.11. The van der Waals surface area contributed by atoms with Crippen LogP contribution in [0, 0.1) is 0 Å². The molecule has 0 saturated heterocycles. The summed E-state index contributed by atoms with van der Waals surface area (Å²) in [6.45, 7) is 0.245. The van der Waals surface area contributed by atoms with Gasteiger partial charge in [-0.2, -0.15) is 5.10 Å². The van der Waals surface area contributed by atoms with Crippen LogP contribution in [-0.2, 0) is 11.3 Å². The molecule has 2 N–H and O–H groups in total. The van der Waals surface area contributed by atoms with Crippen molar-refractivity contribution in [2.75, 3.05) is 10.6 Å². The standard InChI is InChI=1S/C22H15N5O4S/c28-20(25-14-3-5-16(6-4-14)27-12-23-11-24-27)18-7-8-19(32-18)21(29)26-15-2-1-13-10-31-22(30)17(13)9-15/h1-9,11-12H,10H2,(H,25,28)(H,26,29). The van der Waals surface area contributed by atoms with Crippen molar-refractivity contribution < 1.29 is 19.1 Å². The molecule has 2 amide bonds. The Morgan fingerprint density at radius 1 is 0.938 bits per heavy atom. The van der Waals surface area contributed by atoms with Crippen molar-refractivity contribution in [1.82, 2.24) is 14.8 Å². The van der Waals surface area contributed by atoms with E-state index in [0.717, 1.165) is 22.6 Å². The fourth-order valence-corrected chi connectivity index (χ4v) is 3.99. The molecule has 2 aromatic heterocycles. The maximum Gasteiger partial charge on any atom is 0.338 e. The molecule has 5 rings (SSSR count). The van der Waals surface area contributed by atoms with Gasteiger partial charge in [-0.3, -0.25) is 9.59 Å². The van der Waals surface area contributed by atoms with Crippen molar-refractivity contribution in [3.63, 3.8) is 0 Å². The Kier molecular flexibility index (Phi) is 4.96. The summed E-state index contributed by atoms with van der Waals surface area (Å²) in [5.74, 6) is -1.08. The predicted octanol–water partition coefficient (Wildman–Crippen LogP) is 3.50. The minimum absolute atomic E-state index is 0.245. The molecule has 1 aliphatic rings. The normalized spacial score (nSPS) is 12.2. The van der Waals surface area contributed by atoms with Crippen molar-refractivity contribution in [3.05, 3.63) is 88.1 Å². The molecule has 0 saturated carbocycles. The molecule has 4 aromatic rings. The summed E-state index contributed by atoms with van der Waals surface area (Å²) in [7, 11) is 0. The Morgan fingerprint density at radius 2 is 1.62 bits per heavy atom. The van der Waals surface area contributed by atoms with Gasteiger partial charge in [-0.15, -0.1) is 11.3 Å². The minimum Gasteiger partial charge on any atom is -0.457 e. The molecule has 3 heterocycles. The van der Waals surface area contributed by atoms with E-state index in [-0.39, 0.29) is 18.4 Å². The van der Waals surface area contributed by atoms with Crippen LogP contribution in [0.1, 0.15) is 35.3 Å². The third kappa shape index (κ3) is 3.86. The summed E-state index contributed by atoms with van der Waals surface area (Å²) in [5, 5.41) is 9.61. The average molecular weight is 445 g/mol. The molecule has 0 atom stereocenters. The molecule has 0 unspecified atom stereocenters. The number of esters is 1. The largest absolute Gasteiger partial charge is 0.457 e. The van der Waals surface area contributed by atoms with Gasteiger partial charge < -0.3 is 15.4 Å². The lowest BCUT2D eigenvalue weighted by Gasteiger charge is -2.06. The van der Waals surface area contributed by atoms with Gasteiger partial charge in [0.05, 0.1) is 21.0 Å². The SMILES string of the molecule is O=C(Nc1ccc(-n2cncn2)cc1)c1ccc(C(=O)Nc2ccc3c(c2)C(=O)OC3)s1. The van der Waals surface area contributed by atoms with E-state index in [0.29, 0.717) is 26.7 Å². The Bertz CT molecular complexity index is 1330. The number of amides is 2. The first-order valence-electron chi connectivity index (χ1n) is 9.54. The van der Waals surface area contributed by atoms with E-state index in [9.17, 15) is 14.4 Å². The van der Waals surface area contributed by atoms with Crippen LogP contribution in [0.4, 0.5) is 11.4 Å². The van der Waals surface area contributed by atoms with Gasteiger partial charge in [0.1, 0.15) is 19.3 Å². The maximum atomic E-state index is 12.6. The van der Waals surface area contributed by atoms with Crippen LogP contribution in [0.15, 0.2) is 67.3 Å². The Morgan fingerprint density at radius 3 is 2.31 bits per heavy atom. The van der Waals surface area contributed by atoms with Crippen molar-refractivity contribution in [2.24, 2.45) is 0 Å². The Labute approximate surface area is 185 Å². The summed E-state index contributed by atoms with van der Waals surface area (Å²) in [4.78, 5) is 41.5. The smallest absolute Gasteiger partial charge is 0.338 e. The summed E-state index contributed by atoms with van der Waals surface area (Å²) >= 11 is 1.08. The average Bonchev–Trinajstić information content (AvgIpc) is 3.56. The van der Waals surface area contributed by atoms with Gasteiger partial charge >= 0.3 is 5.97 Å². The first kappa shape index (κ1) is 19.6. The van der Waals surface area contributed by atoms with Crippen LogP contribution < -0.4 is 10.6 Å². The van der Waals surface area contributed by atoms with Crippen molar-refractivity contribution >= 4 is 40.5 Å². The zero-order valence-corrected chi connectivity index (χ0v) is 17.3. The first-order chi connectivity index (χ1) is 15.6.